The Labute approximate surface area is 296 Å². The van der Waals surface area contributed by atoms with Crippen molar-refractivity contribution in [3.63, 3.8) is 0 Å². The number of hydrogen-bond acceptors (Lipinski definition) is 3. The lowest BCUT2D eigenvalue weighted by molar-refractivity contribution is 0.947. The SMILES string of the molecule is CC/C=C\C=C/Cc1nc(-c2ccccc2)nc(-c2ccc(-n3c4ccccc4c4ccc5c(c6ccccc6n5-c5ccccc5)c43)cc2)n1. The Bertz CT molecular complexity index is 2730. The van der Waals surface area contributed by atoms with E-state index < -0.39 is 0 Å². The molecule has 0 aliphatic heterocycles. The van der Waals surface area contributed by atoms with E-state index in [-0.39, 0.29) is 0 Å². The van der Waals surface area contributed by atoms with Crippen LogP contribution in [0.5, 0.6) is 0 Å². The first-order chi connectivity index (χ1) is 25.3. The van der Waals surface area contributed by atoms with Crippen molar-refractivity contribution in [2.45, 2.75) is 19.8 Å². The highest BCUT2D eigenvalue weighted by Crippen LogP contribution is 2.42. The van der Waals surface area contributed by atoms with Crippen molar-refractivity contribution in [3.8, 4) is 34.2 Å². The molecule has 0 spiro atoms. The minimum Gasteiger partial charge on any atom is -0.309 e. The molecule has 0 fully saturated rings. The van der Waals surface area contributed by atoms with Gasteiger partial charge in [-0.05, 0) is 61.0 Å². The number of hydrogen-bond donors (Lipinski definition) is 0. The van der Waals surface area contributed by atoms with Crippen LogP contribution in [0.4, 0.5) is 0 Å². The highest BCUT2D eigenvalue weighted by Gasteiger charge is 2.21. The number of aromatic nitrogens is 5. The number of para-hydroxylation sites is 3. The Balaban J connectivity index is 1.22. The number of fused-ring (bicyclic) bond motifs is 7. The van der Waals surface area contributed by atoms with Crippen molar-refractivity contribution >= 4 is 43.6 Å². The summed E-state index contributed by atoms with van der Waals surface area (Å²) in [4.78, 5) is 14.7. The van der Waals surface area contributed by atoms with Crippen molar-refractivity contribution in [3.05, 3.63) is 176 Å². The van der Waals surface area contributed by atoms with Crippen LogP contribution in [0, 0.1) is 0 Å². The quantitative estimate of drug-likeness (QED) is 0.153. The van der Waals surface area contributed by atoms with Gasteiger partial charge in [0.25, 0.3) is 0 Å². The molecule has 0 bridgehead atoms. The molecule has 5 heteroatoms. The van der Waals surface area contributed by atoms with Gasteiger partial charge < -0.3 is 9.13 Å². The van der Waals surface area contributed by atoms with Crippen molar-refractivity contribution in [1.82, 2.24) is 24.1 Å². The van der Waals surface area contributed by atoms with Crippen LogP contribution in [0.3, 0.4) is 0 Å². The Hall–Kier alpha value is -6.59. The normalized spacial score (nSPS) is 12.0. The predicted molar refractivity (Wildman–Crippen MR) is 212 cm³/mol. The molecule has 244 valence electrons. The van der Waals surface area contributed by atoms with Gasteiger partial charge in [0.05, 0.1) is 22.1 Å². The average Bonchev–Trinajstić information content (AvgIpc) is 3.71. The summed E-state index contributed by atoms with van der Waals surface area (Å²) in [5.41, 5.74) is 8.88. The molecule has 5 nitrogen and oxygen atoms in total. The van der Waals surface area contributed by atoms with Crippen molar-refractivity contribution < 1.29 is 0 Å². The summed E-state index contributed by atoms with van der Waals surface area (Å²) < 4.78 is 4.80. The largest absolute Gasteiger partial charge is 0.309 e. The second-order valence-corrected chi connectivity index (χ2v) is 12.7. The summed E-state index contributed by atoms with van der Waals surface area (Å²) >= 11 is 0. The molecule has 3 heterocycles. The fourth-order valence-electron chi connectivity index (χ4n) is 7.21. The monoisotopic (exact) mass is 657 g/mol. The van der Waals surface area contributed by atoms with Gasteiger partial charge in [-0.25, -0.2) is 15.0 Å². The fraction of sp³-hybridized carbons (Fsp3) is 0.0652. The molecule has 0 radical (unpaired) electrons. The molecule has 0 aliphatic carbocycles. The van der Waals surface area contributed by atoms with Gasteiger partial charge in [0.2, 0.25) is 0 Å². The minimum atomic E-state index is 0.620. The molecule has 0 atom stereocenters. The van der Waals surface area contributed by atoms with Gasteiger partial charge in [0.1, 0.15) is 5.82 Å². The van der Waals surface area contributed by atoms with Crippen LogP contribution in [0.15, 0.2) is 170 Å². The van der Waals surface area contributed by atoms with Gasteiger partial charge in [0.15, 0.2) is 11.6 Å². The van der Waals surface area contributed by atoms with Crippen molar-refractivity contribution in [2.24, 2.45) is 0 Å². The fourth-order valence-corrected chi connectivity index (χ4v) is 7.21. The van der Waals surface area contributed by atoms with E-state index in [2.05, 4.69) is 156 Å². The van der Waals surface area contributed by atoms with E-state index in [1.165, 1.54) is 43.6 Å². The first-order valence-electron chi connectivity index (χ1n) is 17.5. The Morgan fingerprint density at radius 2 is 1.06 bits per heavy atom. The van der Waals surface area contributed by atoms with Crippen LogP contribution in [-0.4, -0.2) is 24.1 Å². The second-order valence-electron chi connectivity index (χ2n) is 12.7. The molecule has 9 rings (SSSR count). The summed E-state index contributed by atoms with van der Waals surface area (Å²) in [6.07, 6.45) is 9.99. The standard InChI is InChI=1S/C46H35N5/c1-2-3-4-5-12-25-42-47-45(32-17-8-6-9-18-32)49-46(48-42)33-26-28-35(29-27-33)51-39-23-15-13-21-36(39)37-30-31-41-43(44(37)51)38-22-14-16-24-40(38)50(41)34-19-10-7-11-20-34/h3-24,26-31H,2,25H2,1H3/b4-3-,12-5-. The van der Waals surface area contributed by atoms with Crippen LogP contribution in [0.25, 0.3) is 77.8 Å². The summed E-state index contributed by atoms with van der Waals surface area (Å²) in [7, 11) is 0. The molecule has 0 unspecified atom stereocenters. The maximum Gasteiger partial charge on any atom is 0.163 e. The summed E-state index contributed by atoms with van der Waals surface area (Å²) in [5, 5.41) is 4.93. The van der Waals surface area contributed by atoms with Crippen LogP contribution in [-0.2, 0) is 6.42 Å². The molecule has 0 N–H and O–H groups in total. The third kappa shape index (κ3) is 5.40. The van der Waals surface area contributed by atoms with Gasteiger partial charge in [-0.15, -0.1) is 0 Å². The van der Waals surface area contributed by atoms with Crippen molar-refractivity contribution in [2.75, 3.05) is 0 Å². The second kappa shape index (κ2) is 13.0. The average molecular weight is 658 g/mol. The zero-order chi connectivity index (χ0) is 34.1. The lowest BCUT2D eigenvalue weighted by atomic mass is 10.1. The van der Waals surface area contributed by atoms with Crippen LogP contribution >= 0.6 is 0 Å². The van der Waals surface area contributed by atoms with E-state index in [4.69, 9.17) is 15.0 Å². The Morgan fingerprint density at radius 3 is 1.78 bits per heavy atom. The van der Waals surface area contributed by atoms with Crippen molar-refractivity contribution in [1.29, 1.82) is 0 Å². The van der Waals surface area contributed by atoms with Gasteiger partial charge in [-0.3, -0.25) is 0 Å². The lowest BCUT2D eigenvalue weighted by Crippen LogP contribution is -2.02. The zero-order valence-electron chi connectivity index (χ0n) is 28.3. The highest BCUT2D eigenvalue weighted by molar-refractivity contribution is 6.26. The summed E-state index contributed by atoms with van der Waals surface area (Å²) in [6.45, 7) is 2.13. The molecule has 0 amide bonds. The third-order valence-corrected chi connectivity index (χ3v) is 9.50. The van der Waals surface area contributed by atoms with E-state index >= 15 is 0 Å². The van der Waals surface area contributed by atoms with Crippen LogP contribution in [0.2, 0.25) is 0 Å². The summed E-state index contributed by atoms with van der Waals surface area (Å²) in [5.74, 6) is 2.08. The predicted octanol–water partition coefficient (Wildman–Crippen LogP) is 11.5. The third-order valence-electron chi connectivity index (χ3n) is 9.50. The number of benzene rings is 6. The maximum absolute atomic E-state index is 4.96. The van der Waals surface area contributed by atoms with E-state index in [1.807, 2.05) is 30.3 Å². The molecular formula is C46H35N5. The van der Waals surface area contributed by atoms with E-state index in [0.29, 0.717) is 18.1 Å². The maximum atomic E-state index is 4.96. The molecule has 0 saturated heterocycles. The molecule has 51 heavy (non-hydrogen) atoms. The number of rotatable bonds is 8. The van der Waals surface area contributed by atoms with E-state index in [9.17, 15) is 0 Å². The highest BCUT2D eigenvalue weighted by atomic mass is 15.0. The summed E-state index contributed by atoms with van der Waals surface area (Å²) in [6, 6.07) is 51.4. The Morgan fingerprint density at radius 1 is 0.471 bits per heavy atom. The molecule has 3 aromatic heterocycles. The Kier molecular flexibility index (Phi) is 7.78. The molecule has 0 aliphatic rings. The molecule has 6 aromatic carbocycles. The zero-order valence-corrected chi connectivity index (χ0v) is 28.3. The minimum absolute atomic E-state index is 0.620. The molecule has 9 aromatic rings. The van der Waals surface area contributed by atoms with E-state index in [0.717, 1.165) is 34.7 Å². The number of nitrogens with zero attached hydrogens (tertiary/aromatic N) is 5. The number of allylic oxidation sites excluding steroid dienone is 4. The first kappa shape index (κ1) is 30.5. The van der Waals surface area contributed by atoms with E-state index in [1.54, 1.807) is 0 Å². The molecular weight excluding hydrogens is 623 g/mol. The lowest BCUT2D eigenvalue weighted by Gasteiger charge is -2.11. The van der Waals surface area contributed by atoms with Crippen LogP contribution in [0.1, 0.15) is 19.2 Å². The topological polar surface area (TPSA) is 48.5 Å². The first-order valence-corrected chi connectivity index (χ1v) is 17.5. The smallest absolute Gasteiger partial charge is 0.163 e. The van der Waals surface area contributed by atoms with Gasteiger partial charge in [-0.1, -0.05) is 122 Å². The van der Waals surface area contributed by atoms with Gasteiger partial charge in [0, 0.05) is 50.5 Å². The molecule has 0 saturated carbocycles. The van der Waals surface area contributed by atoms with Gasteiger partial charge in [-0.2, -0.15) is 0 Å². The van der Waals surface area contributed by atoms with Gasteiger partial charge >= 0.3 is 0 Å². The van der Waals surface area contributed by atoms with Crippen LogP contribution < -0.4 is 0 Å².